The van der Waals surface area contributed by atoms with Crippen molar-refractivity contribution in [3.05, 3.63) is 35.9 Å². The van der Waals surface area contributed by atoms with E-state index in [9.17, 15) is 4.79 Å². The van der Waals surface area contributed by atoms with Gasteiger partial charge >= 0.3 is 6.09 Å². The molecule has 4 nitrogen and oxygen atoms in total. The quantitative estimate of drug-likeness (QED) is 0.894. The number of nitrogens with one attached hydrogen (secondary N) is 1. The average Bonchev–Trinajstić information content (AvgIpc) is 2.40. The Labute approximate surface area is 107 Å². The van der Waals surface area contributed by atoms with E-state index >= 15 is 0 Å². The van der Waals surface area contributed by atoms with Crippen LogP contribution in [0.15, 0.2) is 30.3 Å². The molecular formula is C14H19NO3. The number of carbonyl (C=O) groups excluding carboxylic acids is 1. The van der Waals surface area contributed by atoms with Crippen molar-refractivity contribution < 1.29 is 14.3 Å². The summed E-state index contributed by atoms with van der Waals surface area (Å²) < 4.78 is 10.5. The number of alkyl carbamates (subject to hydrolysis) is 1. The minimum Gasteiger partial charge on any atom is -0.445 e. The molecule has 0 radical (unpaired) electrons. The molecule has 1 fully saturated rings. The molecule has 1 N–H and O–H groups in total. The van der Waals surface area contributed by atoms with Crippen molar-refractivity contribution in [3.63, 3.8) is 0 Å². The van der Waals surface area contributed by atoms with Gasteiger partial charge in [-0.3, -0.25) is 0 Å². The molecule has 0 unspecified atom stereocenters. The summed E-state index contributed by atoms with van der Waals surface area (Å²) in [6, 6.07) is 9.82. The van der Waals surface area contributed by atoms with Crippen LogP contribution < -0.4 is 5.32 Å². The third-order valence-electron chi connectivity index (χ3n) is 3.16. The second kappa shape index (κ2) is 6.40. The fraction of sp³-hybridized carbons (Fsp3) is 0.500. The Hall–Kier alpha value is -1.55. The first-order chi connectivity index (χ1) is 8.75. The zero-order chi connectivity index (χ0) is 12.8. The normalized spacial score (nSPS) is 23.4. The molecule has 0 aliphatic carbocycles. The van der Waals surface area contributed by atoms with E-state index in [0.717, 1.165) is 12.0 Å². The maximum atomic E-state index is 11.7. The van der Waals surface area contributed by atoms with Crippen LogP contribution >= 0.6 is 0 Å². The summed E-state index contributed by atoms with van der Waals surface area (Å²) in [4.78, 5) is 11.7. The lowest BCUT2D eigenvalue weighted by Crippen LogP contribution is -2.44. The standard InChI is InChI=1S/C14H19NO3/c1-11-9-17-8-7-13(11)15-14(16)18-10-12-5-3-2-4-6-12/h2-6,11,13H,7-10H2,1H3,(H,15,16)/t11-,13+/m0/s1. The maximum absolute atomic E-state index is 11.7. The third kappa shape index (κ3) is 3.74. The summed E-state index contributed by atoms with van der Waals surface area (Å²) in [5.41, 5.74) is 0.993. The fourth-order valence-electron chi connectivity index (χ4n) is 2.01. The largest absolute Gasteiger partial charge is 0.445 e. The van der Waals surface area contributed by atoms with Crippen molar-refractivity contribution in [2.75, 3.05) is 13.2 Å². The number of amides is 1. The van der Waals surface area contributed by atoms with Gasteiger partial charge in [-0.1, -0.05) is 37.3 Å². The topological polar surface area (TPSA) is 47.6 Å². The molecule has 2 rings (SSSR count). The van der Waals surface area contributed by atoms with Gasteiger partial charge < -0.3 is 14.8 Å². The van der Waals surface area contributed by atoms with E-state index in [1.54, 1.807) is 0 Å². The zero-order valence-electron chi connectivity index (χ0n) is 10.6. The highest BCUT2D eigenvalue weighted by Gasteiger charge is 2.23. The van der Waals surface area contributed by atoms with Gasteiger partial charge in [0.1, 0.15) is 6.61 Å². The monoisotopic (exact) mass is 249 g/mol. The Morgan fingerprint density at radius 1 is 1.44 bits per heavy atom. The lowest BCUT2D eigenvalue weighted by atomic mass is 9.98. The smallest absolute Gasteiger partial charge is 0.407 e. The Morgan fingerprint density at radius 2 is 2.22 bits per heavy atom. The SMILES string of the molecule is C[C@H]1COCC[C@H]1NC(=O)OCc1ccccc1. The van der Waals surface area contributed by atoms with E-state index in [4.69, 9.17) is 9.47 Å². The first kappa shape index (κ1) is 12.9. The van der Waals surface area contributed by atoms with Crippen LogP contribution in [0.25, 0.3) is 0 Å². The molecule has 1 aromatic rings. The molecule has 0 saturated carbocycles. The van der Waals surface area contributed by atoms with Crippen molar-refractivity contribution in [3.8, 4) is 0 Å². The van der Waals surface area contributed by atoms with Gasteiger partial charge in [0.05, 0.1) is 6.61 Å². The lowest BCUT2D eigenvalue weighted by molar-refractivity contribution is 0.0366. The molecule has 0 bridgehead atoms. The van der Waals surface area contributed by atoms with E-state index < -0.39 is 0 Å². The highest BCUT2D eigenvalue weighted by Crippen LogP contribution is 2.14. The minimum absolute atomic E-state index is 0.155. The molecule has 1 aromatic carbocycles. The Bertz CT molecular complexity index is 380. The molecule has 0 aromatic heterocycles. The van der Waals surface area contributed by atoms with Crippen molar-refractivity contribution in [2.24, 2.45) is 5.92 Å². The van der Waals surface area contributed by atoms with E-state index in [-0.39, 0.29) is 12.1 Å². The molecule has 4 heteroatoms. The molecule has 1 aliphatic heterocycles. The Balaban J connectivity index is 1.75. The summed E-state index contributed by atoms with van der Waals surface area (Å²) in [7, 11) is 0. The average molecular weight is 249 g/mol. The maximum Gasteiger partial charge on any atom is 0.407 e. The molecule has 1 amide bonds. The molecule has 98 valence electrons. The Morgan fingerprint density at radius 3 is 2.94 bits per heavy atom. The molecular weight excluding hydrogens is 230 g/mol. The van der Waals surface area contributed by atoms with Gasteiger partial charge in [-0.2, -0.15) is 0 Å². The van der Waals surface area contributed by atoms with Crippen LogP contribution in [0.4, 0.5) is 4.79 Å². The van der Waals surface area contributed by atoms with Gasteiger partial charge in [0.15, 0.2) is 0 Å². The third-order valence-corrected chi connectivity index (χ3v) is 3.16. The number of hydrogen-bond acceptors (Lipinski definition) is 3. The summed E-state index contributed by atoms with van der Waals surface area (Å²) in [6.07, 6.45) is 0.499. The summed E-state index contributed by atoms with van der Waals surface area (Å²) in [6.45, 7) is 3.78. The first-order valence-electron chi connectivity index (χ1n) is 6.30. The van der Waals surface area contributed by atoms with Gasteiger partial charge in [0.2, 0.25) is 0 Å². The number of ether oxygens (including phenoxy) is 2. The van der Waals surface area contributed by atoms with Crippen LogP contribution in [0.1, 0.15) is 18.9 Å². The van der Waals surface area contributed by atoms with Gasteiger partial charge in [-0.05, 0) is 17.9 Å². The number of hydrogen-bond donors (Lipinski definition) is 1. The summed E-state index contributed by atoms with van der Waals surface area (Å²) >= 11 is 0. The molecule has 1 aliphatic rings. The molecule has 0 spiro atoms. The van der Waals surface area contributed by atoms with E-state index in [0.29, 0.717) is 25.7 Å². The van der Waals surface area contributed by atoms with Crippen molar-refractivity contribution in [1.82, 2.24) is 5.32 Å². The van der Waals surface area contributed by atoms with E-state index in [1.165, 1.54) is 0 Å². The number of benzene rings is 1. The second-order valence-electron chi connectivity index (χ2n) is 4.65. The summed E-state index contributed by atoms with van der Waals surface area (Å²) in [5.74, 6) is 0.336. The molecule has 18 heavy (non-hydrogen) atoms. The Kier molecular flexibility index (Phi) is 4.59. The van der Waals surface area contributed by atoms with Gasteiger partial charge in [-0.25, -0.2) is 4.79 Å². The molecule has 1 saturated heterocycles. The van der Waals surface area contributed by atoms with Crippen LogP contribution in [0.2, 0.25) is 0 Å². The predicted octanol–water partition coefficient (Wildman–Crippen LogP) is 2.34. The van der Waals surface area contributed by atoms with Crippen molar-refractivity contribution >= 4 is 6.09 Å². The van der Waals surface area contributed by atoms with E-state index in [1.807, 2.05) is 30.3 Å². The highest BCUT2D eigenvalue weighted by molar-refractivity contribution is 5.67. The van der Waals surface area contributed by atoms with Crippen molar-refractivity contribution in [2.45, 2.75) is 26.0 Å². The number of carbonyl (C=O) groups is 1. The molecule has 1 heterocycles. The van der Waals surface area contributed by atoms with Crippen LogP contribution in [0, 0.1) is 5.92 Å². The van der Waals surface area contributed by atoms with E-state index in [2.05, 4.69) is 12.2 Å². The van der Waals surface area contributed by atoms with Crippen LogP contribution in [-0.2, 0) is 16.1 Å². The fourth-order valence-corrected chi connectivity index (χ4v) is 2.01. The van der Waals surface area contributed by atoms with Crippen molar-refractivity contribution in [1.29, 1.82) is 0 Å². The second-order valence-corrected chi connectivity index (χ2v) is 4.65. The number of rotatable bonds is 3. The zero-order valence-corrected chi connectivity index (χ0v) is 10.6. The van der Waals surface area contributed by atoms with Crippen LogP contribution in [0.5, 0.6) is 0 Å². The van der Waals surface area contributed by atoms with Gasteiger partial charge in [0, 0.05) is 12.6 Å². The van der Waals surface area contributed by atoms with Crippen LogP contribution in [-0.4, -0.2) is 25.3 Å². The van der Waals surface area contributed by atoms with Gasteiger partial charge in [0.25, 0.3) is 0 Å². The highest BCUT2D eigenvalue weighted by atomic mass is 16.5. The molecule has 2 atom stereocenters. The lowest BCUT2D eigenvalue weighted by Gasteiger charge is -2.29. The summed E-state index contributed by atoms with van der Waals surface area (Å²) in [5, 5.41) is 2.90. The van der Waals surface area contributed by atoms with Gasteiger partial charge in [-0.15, -0.1) is 0 Å². The first-order valence-corrected chi connectivity index (χ1v) is 6.30. The minimum atomic E-state index is -0.349. The van der Waals surface area contributed by atoms with Crippen LogP contribution in [0.3, 0.4) is 0 Å². The predicted molar refractivity (Wildman–Crippen MR) is 68.2 cm³/mol.